The van der Waals surface area contributed by atoms with E-state index in [4.69, 9.17) is 11.0 Å². The van der Waals surface area contributed by atoms with Crippen LogP contribution < -0.4 is 11.1 Å². The number of nitrogen functional groups attached to an aromatic ring is 1. The minimum atomic E-state index is -0.244. The third-order valence-corrected chi connectivity index (χ3v) is 2.61. The second kappa shape index (κ2) is 5.19. The molecule has 0 atom stereocenters. The number of nitrogens with two attached hydrogens (primary N) is 1. The van der Waals surface area contributed by atoms with Gasteiger partial charge in [0.05, 0.1) is 11.3 Å². The number of nitrogens with zero attached hydrogens (tertiary/aromatic N) is 1. The third kappa shape index (κ3) is 2.58. The van der Waals surface area contributed by atoms with E-state index < -0.39 is 0 Å². The van der Waals surface area contributed by atoms with Gasteiger partial charge in [0.25, 0.3) is 0 Å². The zero-order chi connectivity index (χ0) is 13.0. The van der Waals surface area contributed by atoms with Crippen LogP contribution in [0.4, 0.5) is 15.8 Å². The minimum Gasteiger partial charge on any atom is -0.398 e. The fourth-order valence-electron chi connectivity index (χ4n) is 1.61. The zero-order valence-corrected chi connectivity index (χ0v) is 9.65. The van der Waals surface area contributed by atoms with Crippen molar-refractivity contribution in [1.82, 2.24) is 0 Å². The van der Waals surface area contributed by atoms with Crippen molar-refractivity contribution < 1.29 is 4.39 Å². The topological polar surface area (TPSA) is 61.8 Å². The Bertz CT molecular complexity index is 602. The molecule has 0 saturated carbocycles. The lowest BCUT2D eigenvalue weighted by atomic mass is 10.1. The molecule has 0 aliphatic rings. The molecule has 90 valence electrons. The van der Waals surface area contributed by atoms with E-state index in [1.807, 2.05) is 6.07 Å². The molecular weight excluding hydrogens is 229 g/mol. The largest absolute Gasteiger partial charge is 0.398 e. The van der Waals surface area contributed by atoms with Gasteiger partial charge in [-0.2, -0.15) is 5.26 Å². The number of nitriles is 1. The molecule has 2 rings (SSSR count). The molecule has 0 aliphatic heterocycles. The van der Waals surface area contributed by atoms with E-state index in [1.54, 1.807) is 36.4 Å². The molecule has 18 heavy (non-hydrogen) atoms. The van der Waals surface area contributed by atoms with Gasteiger partial charge in [-0.3, -0.25) is 0 Å². The van der Waals surface area contributed by atoms with E-state index in [0.717, 1.165) is 5.69 Å². The number of anilines is 2. The highest BCUT2D eigenvalue weighted by molar-refractivity contribution is 5.62. The SMILES string of the molecule is N#Cc1ccc(NCc2ccccc2F)cc1N. The van der Waals surface area contributed by atoms with Gasteiger partial charge in [-0.25, -0.2) is 4.39 Å². The molecule has 0 radical (unpaired) electrons. The number of hydrogen-bond donors (Lipinski definition) is 2. The fourth-order valence-corrected chi connectivity index (χ4v) is 1.61. The van der Waals surface area contributed by atoms with Crippen LogP contribution in [0.5, 0.6) is 0 Å². The van der Waals surface area contributed by atoms with Crippen molar-refractivity contribution in [2.75, 3.05) is 11.1 Å². The number of hydrogen-bond acceptors (Lipinski definition) is 3. The Morgan fingerprint density at radius 3 is 2.67 bits per heavy atom. The molecule has 0 fully saturated rings. The summed E-state index contributed by atoms with van der Waals surface area (Å²) in [7, 11) is 0. The Morgan fingerprint density at radius 1 is 1.22 bits per heavy atom. The smallest absolute Gasteiger partial charge is 0.128 e. The van der Waals surface area contributed by atoms with Crippen LogP contribution in [-0.4, -0.2) is 0 Å². The average molecular weight is 241 g/mol. The van der Waals surface area contributed by atoms with Gasteiger partial charge in [-0.15, -0.1) is 0 Å². The summed E-state index contributed by atoms with van der Waals surface area (Å²) in [6, 6.07) is 13.6. The van der Waals surface area contributed by atoms with Crippen molar-refractivity contribution in [2.45, 2.75) is 6.54 Å². The first-order valence-corrected chi connectivity index (χ1v) is 5.47. The van der Waals surface area contributed by atoms with Crippen molar-refractivity contribution >= 4 is 11.4 Å². The normalized spacial score (nSPS) is 9.78. The third-order valence-electron chi connectivity index (χ3n) is 2.61. The van der Waals surface area contributed by atoms with Crippen molar-refractivity contribution in [2.24, 2.45) is 0 Å². The van der Waals surface area contributed by atoms with Gasteiger partial charge in [0, 0.05) is 17.8 Å². The van der Waals surface area contributed by atoms with Crippen LogP contribution in [0.15, 0.2) is 42.5 Å². The monoisotopic (exact) mass is 241 g/mol. The molecule has 0 unspecified atom stereocenters. The highest BCUT2D eigenvalue weighted by Crippen LogP contribution is 2.18. The van der Waals surface area contributed by atoms with Crippen molar-refractivity contribution in [3.63, 3.8) is 0 Å². The summed E-state index contributed by atoms with van der Waals surface area (Å²) in [5.41, 5.74) is 7.89. The van der Waals surface area contributed by atoms with Crippen molar-refractivity contribution in [3.8, 4) is 6.07 Å². The van der Waals surface area contributed by atoms with Crippen LogP contribution in [0.1, 0.15) is 11.1 Å². The van der Waals surface area contributed by atoms with Gasteiger partial charge < -0.3 is 11.1 Å². The lowest BCUT2D eigenvalue weighted by molar-refractivity contribution is 0.613. The number of nitrogens with one attached hydrogen (secondary N) is 1. The van der Waals surface area contributed by atoms with Gasteiger partial charge >= 0.3 is 0 Å². The predicted molar refractivity (Wildman–Crippen MR) is 69.3 cm³/mol. The van der Waals surface area contributed by atoms with Crippen LogP contribution >= 0.6 is 0 Å². The van der Waals surface area contributed by atoms with Gasteiger partial charge in [-0.1, -0.05) is 18.2 Å². The molecule has 0 heterocycles. The lowest BCUT2D eigenvalue weighted by Crippen LogP contribution is -2.02. The van der Waals surface area contributed by atoms with E-state index in [9.17, 15) is 4.39 Å². The van der Waals surface area contributed by atoms with Crippen LogP contribution in [0.2, 0.25) is 0 Å². The second-order valence-electron chi connectivity index (χ2n) is 3.86. The van der Waals surface area contributed by atoms with Crippen LogP contribution in [0.25, 0.3) is 0 Å². The van der Waals surface area contributed by atoms with Crippen LogP contribution in [-0.2, 0) is 6.54 Å². The van der Waals surface area contributed by atoms with Gasteiger partial charge in [0.1, 0.15) is 11.9 Å². The summed E-state index contributed by atoms with van der Waals surface area (Å²) in [6.07, 6.45) is 0. The second-order valence-corrected chi connectivity index (χ2v) is 3.86. The molecular formula is C14H12FN3. The molecule has 2 aromatic carbocycles. The summed E-state index contributed by atoms with van der Waals surface area (Å²) in [4.78, 5) is 0. The fraction of sp³-hybridized carbons (Fsp3) is 0.0714. The Hall–Kier alpha value is -2.54. The van der Waals surface area contributed by atoms with E-state index >= 15 is 0 Å². The highest BCUT2D eigenvalue weighted by atomic mass is 19.1. The Balaban J connectivity index is 2.10. The molecule has 4 heteroatoms. The van der Waals surface area contributed by atoms with Crippen LogP contribution in [0.3, 0.4) is 0 Å². The standard InChI is InChI=1S/C14H12FN3/c15-13-4-2-1-3-11(13)9-18-12-6-5-10(8-16)14(17)7-12/h1-7,18H,9,17H2. The predicted octanol–water partition coefficient (Wildman–Crippen LogP) is 2.89. The Labute approximate surface area is 105 Å². The highest BCUT2D eigenvalue weighted by Gasteiger charge is 2.02. The van der Waals surface area contributed by atoms with E-state index in [-0.39, 0.29) is 5.82 Å². The quantitative estimate of drug-likeness (QED) is 0.812. The summed E-state index contributed by atoms with van der Waals surface area (Å²) in [5.74, 6) is -0.244. The van der Waals surface area contributed by atoms with Crippen molar-refractivity contribution in [3.05, 3.63) is 59.4 Å². The van der Waals surface area contributed by atoms with Crippen LogP contribution in [0, 0.1) is 17.1 Å². The first-order valence-electron chi connectivity index (χ1n) is 5.47. The summed E-state index contributed by atoms with van der Waals surface area (Å²) >= 11 is 0. The molecule has 3 nitrogen and oxygen atoms in total. The average Bonchev–Trinajstić information content (AvgIpc) is 2.38. The summed E-state index contributed by atoms with van der Waals surface area (Å²) < 4.78 is 13.4. The molecule has 0 aliphatic carbocycles. The molecule has 2 aromatic rings. The molecule has 0 amide bonds. The maximum Gasteiger partial charge on any atom is 0.128 e. The lowest BCUT2D eigenvalue weighted by Gasteiger charge is -2.08. The van der Waals surface area contributed by atoms with E-state index in [1.165, 1.54) is 6.07 Å². The molecule has 0 spiro atoms. The van der Waals surface area contributed by atoms with Gasteiger partial charge in [-0.05, 0) is 24.3 Å². The van der Waals surface area contributed by atoms with Gasteiger partial charge in [0.15, 0.2) is 0 Å². The maximum absolute atomic E-state index is 13.4. The maximum atomic E-state index is 13.4. The number of rotatable bonds is 3. The summed E-state index contributed by atoms with van der Waals surface area (Å²) in [5, 5.41) is 11.8. The number of halogens is 1. The van der Waals surface area contributed by atoms with Gasteiger partial charge in [0.2, 0.25) is 0 Å². The first kappa shape index (κ1) is 11.9. The van der Waals surface area contributed by atoms with E-state index in [2.05, 4.69) is 5.32 Å². The molecule has 0 aromatic heterocycles. The summed E-state index contributed by atoms with van der Waals surface area (Å²) in [6.45, 7) is 0.373. The minimum absolute atomic E-state index is 0.244. The van der Waals surface area contributed by atoms with E-state index in [0.29, 0.717) is 23.4 Å². The molecule has 0 saturated heterocycles. The Morgan fingerprint density at radius 2 is 2.00 bits per heavy atom. The number of benzene rings is 2. The Kier molecular flexibility index (Phi) is 3.44. The van der Waals surface area contributed by atoms with Crippen molar-refractivity contribution in [1.29, 1.82) is 5.26 Å². The first-order chi connectivity index (χ1) is 8.70. The zero-order valence-electron chi connectivity index (χ0n) is 9.65. The molecule has 3 N–H and O–H groups in total. The molecule has 0 bridgehead atoms.